The van der Waals surface area contributed by atoms with Crippen molar-refractivity contribution in [1.82, 2.24) is 14.5 Å². The van der Waals surface area contributed by atoms with Crippen molar-refractivity contribution in [2.75, 3.05) is 31.7 Å². The first-order valence-corrected chi connectivity index (χ1v) is 24.6. The summed E-state index contributed by atoms with van der Waals surface area (Å²) in [5.41, 5.74) is 3.37. The Bertz CT molecular complexity index is 1730. The number of anilines is 1. The number of benzene rings is 1. The molecule has 10 nitrogen and oxygen atoms in total. The van der Waals surface area contributed by atoms with Crippen LogP contribution in [0.2, 0.25) is 48.8 Å². The number of hydrogen-bond acceptors (Lipinski definition) is 9. The topological polar surface area (TPSA) is 109 Å². The van der Waals surface area contributed by atoms with E-state index in [9.17, 15) is 0 Å². The number of nitrogens with zero attached hydrogens (tertiary/aromatic N) is 3. The number of ether oxygens (including phenoxy) is 4. The van der Waals surface area contributed by atoms with Crippen molar-refractivity contribution >= 4 is 51.0 Å². The number of rotatable bonds is 13. The van der Waals surface area contributed by atoms with Gasteiger partial charge in [-0.2, -0.15) is 4.98 Å². The van der Waals surface area contributed by atoms with Crippen LogP contribution in [0.3, 0.4) is 0 Å². The first kappa shape index (κ1) is 37.4. The highest BCUT2D eigenvalue weighted by Crippen LogP contribution is 2.42. The van der Waals surface area contributed by atoms with Crippen LogP contribution >= 0.6 is 11.6 Å². The molecule has 2 N–H and O–H groups in total. The lowest BCUT2D eigenvalue weighted by atomic mass is 10.0. The lowest BCUT2D eigenvalue weighted by Gasteiger charge is -2.39. The molecule has 5 atom stereocenters. The molecule has 2 aliphatic heterocycles. The van der Waals surface area contributed by atoms with Gasteiger partial charge in [0.15, 0.2) is 20.1 Å². The van der Waals surface area contributed by atoms with Gasteiger partial charge < -0.3 is 33.8 Å². The summed E-state index contributed by atoms with van der Waals surface area (Å²) in [6, 6.07) is 6.27. The van der Waals surface area contributed by atoms with Crippen LogP contribution in [0.15, 0.2) is 24.3 Å². The van der Waals surface area contributed by atoms with Crippen LogP contribution in [0.5, 0.6) is 6.01 Å². The van der Waals surface area contributed by atoms with Crippen LogP contribution in [-0.4, -0.2) is 86.9 Å². The Kier molecular flexibility index (Phi) is 10.9. The van der Waals surface area contributed by atoms with Gasteiger partial charge in [0, 0.05) is 20.2 Å². The number of aryl methyl sites for hydroxylation is 1. The van der Waals surface area contributed by atoms with E-state index in [1.54, 1.807) is 18.2 Å². The summed E-state index contributed by atoms with van der Waals surface area (Å²) in [7, 11) is -3.35. The number of imidazole rings is 1. The SMILES string of the molecule is CC(C)(C)[Si](C)(C)OC1CO[C@H]2[C@@H]1OC[C@H]2Oc1nc2cc(Cl)c(N[C@H]3CCc4cc(/C=C/CO)cc(F)c43)nc2n1COCC[Si](C)(C)C. The van der Waals surface area contributed by atoms with Gasteiger partial charge in [-0.1, -0.05) is 70.2 Å². The fraction of sp³-hybridized carbons (Fsp3) is 0.611. The molecule has 50 heavy (non-hydrogen) atoms. The van der Waals surface area contributed by atoms with Gasteiger partial charge in [0.25, 0.3) is 0 Å². The fourth-order valence-corrected chi connectivity index (χ4v) is 8.77. The van der Waals surface area contributed by atoms with Gasteiger partial charge in [-0.15, -0.1) is 0 Å². The molecule has 2 fully saturated rings. The quantitative estimate of drug-likeness (QED) is 0.135. The number of fused-ring (bicyclic) bond motifs is 3. The van der Waals surface area contributed by atoms with E-state index in [2.05, 4.69) is 58.8 Å². The third kappa shape index (κ3) is 8.00. The maximum atomic E-state index is 15.4. The smallest absolute Gasteiger partial charge is 0.301 e. The lowest BCUT2D eigenvalue weighted by Crippen LogP contribution is -2.47. The molecule has 274 valence electrons. The fourth-order valence-electron chi connectivity index (χ4n) is 6.50. The zero-order chi connectivity index (χ0) is 36.0. The maximum absolute atomic E-state index is 15.4. The van der Waals surface area contributed by atoms with E-state index in [1.807, 2.05) is 10.6 Å². The Morgan fingerprint density at radius 1 is 1.08 bits per heavy atom. The van der Waals surface area contributed by atoms with Crippen LogP contribution in [0.1, 0.15) is 49.9 Å². The highest BCUT2D eigenvalue weighted by Gasteiger charge is 2.52. The molecule has 1 unspecified atom stereocenters. The standard InChI is InChI=1S/C36H52ClFN4O6Si2/c1-36(2,3)50(7,8)48-29-20-46-31-28(19-45-32(29)31)47-35-40-27-18-24(37)33(41-34(27)42(35)21-44-14-15-49(4,5)6)39-26-12-11-23-16-22(10-9-13-43)17-25(38)30(23)26/h9-10,16-18,26,28-29,31-32,43H,11-15,19-21H2,1-8H3,(H,39,41)/b10-9+/t26-,28+,29?,31+,32+/m0/s1. The minimum absolute atomic E-state index is 0.0684. The van der Waals surface area contributed by atoms with Gasteiger partial charge >= 0.3 is 6.01 Å². The summed E-state index contributed by atoms with van der Waals surface area (Å²) in [5.74, 6) is 0.136. The molecule has 1 aromatic carbocycles. The van der Waals surface area contributed by atoms with E-state index in [-0.39, 0.29) is 48.5 Å². The second kappa shape index (κ2) is 14.6. The molecule has 6 rings (SSSR count). The predicted molar refractivity (Wildman–Crippen MR) is 200 cm³/mol. The van der Waals surface area contributed by atoms with Crippen molar-refractivity contribution in [2.45, 2.75) is 115 Å². The molecule has 0 bridgehead atoms. The van der Waals surface area contributed by atoms with Crippen LogP contribution < -0.4 is 10.1 Å². The van der Waals surface area contributed by atoms with Crippen molar-refractivity contribution in [3.05, 3.63) is 51.8 Å². The van der Waals surface area contributed by atoms with Gasteiger partial charge in [-0.25, -0.2) is 9.37 Å². The summed E-state index contributed by atoms with van der Waals surface area (Å²) >= 11 is 6.79. The summed E-state index contributed by atoms with van der Waals surface area (Å²) < 4.78 is 49.2. The van der Waals surface area contributed by atoms with Crippen molar-refractivity contribution in [3.63, 3.8) is 0 Å². The highest BCUT2D eigenvalue weighted by atomic mass is 35.5. The van der Waals surface area contributed by atoms with Crippen LogP contribution in [0, 0.1) is 5.82 Å². The molecule has 0 radical (unpaired) electrons. The number of pyridine rings is 1. The summed E-state index contributed by atoms with van der Waals surface area (Å²) in [5, 5.41) is 13.0. The van der Waals surface area contributed by atoms with Crippen molar-refractivity contribution in [3.8, 4) is 6.01 Å². The summed E-state index contributed by atoms with van der Waals surface area (Å²) in [4.78, 5) is 9.75. The first-order valence-electron chi connectivity index (χ1n) is 17.6. The van der Waals surface area contributed by atoms with Crippen LogP contribution in [0.25, 0.3) is 17.2 Å². The molecular formula is C36H52ClFN4O6Si2. The predicted octanol–water partition coefficient (Wildman–Crippen LogP) is 7.58. The normalized spacial score (nSPS) is 24.0. The largest absolute Gasteiger partial charge is 0.456 e. The first-order chi connectivity index (χ1) is 23.5. The third-order valence-electron chi connectivity index (χ3n) is 10.3. The second-order valence-corrected chi connectivity index (χ2v) is 27.2. The molecular weight excluding hydrogens is 695 g/mol. The number of hydrogen-bond donors (Lipinski definition) is 2. The van der Waals surface area contributed by atoms with Crippen molar-refractivity contribution in [2.24, 2.45) is 0 Å². The maximum Gasteiger partial charge on any atom is 0.301 e. The van der Waals surface area contributed by atoms with Gasteiger partial charge in [0.1, 0.15) is 36.1 Å². The Balaban J connectivity index is 1.25. The zero-order valence-corrected chi connectivity index (χ0v) is 33.3. The zero-order valence-electron chi connectivity index (χ0n) is 30.5. The molecule has 0 amide bonds. The van der Waals surface area contributed by atoms with Gasteiger partial charge in [0.05, 0.1) is 37.0 Å². The van der Waals surface area contributed by atoms with E-state index in [4.69, 9.17) is 50.0 Å². The van der Waals surface area contributed by atoms with Crippen molar-refractivity contribution < 1.29 is 32.9 Å². The van der Waals surface area contributed by atoms with E-state index >= 15 is 4.39 Å². The average molecular weight is 747 g/mol. The Hall–Kier alpha value is -2.37. The number of aromatic nitrogens is 3. The minimum Gasteiger partial charge on any atom is -0.456 e. The van der Waals surface area contributed by atoms with Gasteiger partial charge in [0.2, 0.25) is 0 Å². The number of aliphatic hydroxyl groups excluding tert-OH is 1. The van der Waals surface area contributed by atoms with E-state index in [0.29, 0.717) is 66.2 Å². The third-order valence-corrected chi connectivity index (χ3v) is 16.8. The molecule has 1 aliphatic carbocycles. The Morgan fingerprint density at radius 3 is 2.50 bits per heavy atom. The van der Waals surface area contributed by atoms with Crippen LogP contribution in [0.4, 0.5) is 10.2 Å². The Morgan fingerprint density at radius 2 is 1.80 bits per heavy atom. The lowest BCUT2D eigenvalue weighted by molar-refractivity contribution is 0.00687. The van der Waals surface area contributed by atoms with E-state index < -0.39 is 22.5 Å². The monoisotopic (exact) mass is 746 g/mol. The van der Waals surface area contributed by atoms with Gasteiger partial charge in [-0.3, -0.25) is 4.57 Å². The molecule has 3 aromatic rings. The molecule has 0 spiro atoms. The van der Waals surface area contributed by atoms with Crippen molar-refractivity contribution in [1.29, 1.82) is 0 Å². The number of aliphatic hydroxyl groups is 1. The molecule has 2 aromatic heterocycles. The van der Waals surface area contributed by atoms with Crippen LogP contribution in [-0.2, 0) is 31.8 Å². The number of halogens is 2. The molecule has 0 saturated carbocycles. The minimum atomic E-state index is -2.03. The second-order valence-electron chi connectivity index (χ2n) is 16.4. The average Bonchev–Trinajstić information content (AvgIpc) is 3.79. The van der Waals surface area contributed by atoms with E-state index in [0.717, 1.165) is 17.2 Å². The Labute approximate surface area is 301 Å². The summed E-state index contributed by atoms with van der Waals surface area (Å²) in [6.45, 7) is 19.6. The molecule has 2 saturated heterocycles. The molecule has 14 heteroatoms. The molecule has 3 aliphatic rings. The number of nitrogens with one attached hydrogen (secondary N) is 1. The highest BCUT2D eigenvalue weighted by molar-refractivity contribution is 6.76. The van der Waals surface area contributed by atoms with E-state index in [1.165, 1.54) is 6.07 Å². The summed E-state index contributed by atoms with van der Waals surface area (Å²) in [6.07, 6.45) is 3.66. The molecule has 4 heterocycles. The van der Waals surface area contributed by atoms with Gasteiger partial charge in [-0.05, 0) is 60.3 Å².